The molecule has 24 heavy (non-hydrogen) atoms. The fourth-order valence-electron chi connectivity index (χ4n) is 2.18. The molecule has 3 aromatic rings. The van der Waals surface area contributed by atoms with Gasteiger partial charge >= 0.3 is 0 Å². The zero-order valence-corrected chi connectivity index (χ0v) is 13.5. The van der Waals surface area contributed by atoms with Crippen molar-refractivity contribution in [2.24, 2.45) is 0 Å². The molecule has 2 heterocycles. The van der Waals surface area contributed by atoms with Crippen molar-refractivity contribution in [2.75, 3.05) is 0 Å². The summed E-state index contributed by atoms with van der Waals surface area (Å²) in [7, 11) is 0. The average molecular weight is 346 g/mol. The summed E-state index contributed by atoms with van der Waals surface area (Å²) < 4.78 is 15.3. The van der Waals surface area contributed by atoms with Crippen LogP contribution in [0.2, 0.25) is 0 Å². The first-order chi connectivity index (χ1) is 11.6. The van der Waals surface area contributed by atoms with Crippen molar-refractivity contribution in [1.29, 1.82) is 0 Å². The third kappa shape index (κ3) is 3.21. The first kappa shape index (κ1) is 16.3. The van der Waals surface area contributed by atoms with Gasteiger partial charge < -0.3 is 9.90 Å². The molecule has 0 N–H and O–H groups in total. The Hall–Kier alpha value is -2.55. The van der Waals surface area contributed by atoms with Crippen molar-refractivity contribution in [3.63, 3.8) is 0 Å². The van der Waals surface area contributed by atoms with Crippen LogP contribution in [0.4, 0.5) is 4.39 Å². The number of hydrogen-bond acceptors (Lipinski definition) is 7. The predicted octanol–water partition coefficient (Wildman–Crippen LogP) is 1.03. The molecular weight excluding hydrogens is 333 g/mol. The topological polar surface area (TPSA) is 96.6 Å². The van der Waals surface area contributed by atoms with Crippen LogP contribution in [0.1, 0.15) is 18.9 Å². The van der Waals surface area contributed by atoms with Gasteiger partial charge in [-0.3, -0.25) is 0 Å². The average Bonchev–Trinajstić information content (AvgIpc) is 2.98. The number of thioether (sulfide) groups is 1. The summed E-state index contributed by atoms with van der Waals surface area (Å²) in [5, 5.41) is 18.8. The Morgan fingerprint density at radius 2 is 2.17 bits per heavy atom. The van der Waals surface area contributed by atoms with Crippen molar-refractivity contribution in [3.05, 3.63) is 42.0 Å². The zero-order valence-electron chi connectivity index (χ0n) is 12.7. The molecule has 0 unspecified atom stereocenters. The van der Waals surface area contributed by atoms with E-state index in [1.807, 2.05) is 0 Å². The molecule has 1 atom stereocenters. The van der Waals surface area contributed by atoms with Crippen molar-refractivity contribution in [2.45, 2.75) is 30.2 Å². The highest BCUT2D eigenvalue weighted by Crippen LogP contribution is 2.28. The molecule has 124 valence electrons. The smallest absolute Gasteiger partial charge is 0.183 e. The standard InChI is InChI=1S/C15H14FN5O2S/c1-2-11(15(22)23)24-14-12-13(17-8-18-14)21(20-19-12)7-9-5-3-4-6-10(9)16/h3-6,8,11H,2,7H2,1H3,(H,22,23)/p-1/t11-/m1/s1. The van der Waals surface area contributed by atoms with E-state index in [0.717, 1.165) is 11.8 Å². The summed E-state index contributed by atoms with van der Waals surface area (Å²) in [4.78, 5) is 19.3. The van der Waals surface area contributed by atoms with Gasteiger partial charge in [0.2, 0.25) is 0 Å². The second-order valence-corrected chi connectivity index (χ2v) is 6.21. The number of benzene rings is 1. The van der Waals surface area contributed by atoms with Crippen LogP contribution in [-0.4, -0.2) is 36.2 Å². The van der Waals surface area contributed by atoms with E-state index in [1.165, 1.54) is 17.1 Å². The van der Waals surface area contributed by atoms with E-state index in [1.54, 1.807) is 25.1 Å². The molecule has 0 bridgehead atoms. The molecule has 9 heteroatoms. The van der Waals surface area contributed by atoms with Gasteiger partial charge in [0, 0.05) is 5.56 Å². The lowest BCUT2D eigenvalue weighted by Crippen LogP contribution is -2.33. The zero-order chi connectivity index (χ0) is 17.1. The van der Waals surface area contributed by atoms with Gasteiger partial charge in [0.1, 0.15) is 17.2 Å². The monoisotopic (exact) mass is 346 g/mol. The molecule has 0 fully saturated rings. The maximum absolute atomic E-state index is 13.8. The summed E-state index contributed by atoms with van der Waals surface area (Å²) >= 11 is 1.05. The minimum atomic E-state index is -1.16. The number of carboxylic acids is 1. The second-order valence-electron chi connectivity index (χ2n) is 5.02. The molecule has 0 saturated heterocycles. The number of carbonyl (C=O) groups is 1. The van der Waals surface area contributed by atoms with E-state index in [-0.39, 0.29) is 12.4 Å². The summed E-state index contributed by atoms with van der Waals surface area (Å²) in [5.41, 5.74) is 1.26. The fourth-order valence-corrected chi connectivity index (χ4v) is 3.07. The highest BCUT2D eigenvalue weighted by Gasteiger charge is 2.17. The minimum Gasteiger partial charge on any atom is -0.549 e. The Labute approximate surface area is 140 Å². The SMILES string of the molecule is CC[C@@H](Sc1ncnc2c1nnn2Cc1ccccc1F)C(=O)[O-]. The Balaban J connectivity index is 1.94. The molecule has 0 amide bonds. The first-order valence-electron chi connectivity index (χ1n) is 7.25. The number of aromatic nitrogens is 5. The van der Waals surface area contributed by atoms with Gasteiger partial charge in [0.05, 0.1) is 17.8 Å². The summed E-state index contributed by atoms with van der Waals surface area (Å²) in [5.74, 6) is -1.50. The van der Waals surface area contributed by atoms with E-state index in [9.17, 15) is 14.3 Å². The quantitative estimate of drug-likeness (QED) is 0.486. The molecule has 0 saturated carbocycles. The molecule has 0 aliphatic heterocycles. The summed E-state index contributed by atoms with van der Waals surface area (Å²) in [6, 6.07) is 6.37. The lowest BCUT2D eigenvalue weighted by Gasteiger charge is -2.14. The number of hydrogen-bond donors (Lipinski definition) is 0. The molecule has 7 nitrogen and oxygen atoms in total. The number of rotatable bonds is 6. The first-order valence-corrected chi connectivity index (χ1v) is 8.13. The Morgan fingerprint density at radius 1 is 1.38 bits per heavy atom. The van der Waals surface area contributed by atoms with Crippen molar-refractivity contribution in [3.8, 4) is 0 Å². The van der Waals surface area contributed by atoms with Crippen LogP contribution in [-0.2, 0) is 11.3 Å². The Bertz CT molecular complexity index is 885. The minimum absolute atomic E-state index is 0.169. The van der Waals surface area contributed by atoms with E-state index >= 15 is 0 Å². The van der Waals surface area contributed by atoms with Crippen molar-refractivity contribution < 1.29 is 14.3 Å². The third-order valence-electron chi connectivity index (χ3n) is 3.43. The van der Waals surface area contributed by atoms with E-state index in [0.29, 0.717) is 28.2 Å². The van der Waals surface area contributed by atoms with Crippen LogP contribution in [0.3, 0.4) is 0 Å². The van der Waals surface area contributed by atoms with Gasteiger partial charge in [0.15, 0.2) is 11.2 Å². The van der Waals surface area contributed by atoms with Gasteiger partial charge in [0.25, 0.3) is 0 Å². The molecule has 0 aliphatic carbocycles. The van der Waals surface area contributed by atoms with Crippen molar-refractivity contribution in [1.82, 2.24) is 25.0 Å². The van der Waals surface area contributed by atoms with Crippen LogP contribution in [0.5, 0.6) is 0 Å². The number of nitrogens with zero attached hydrogens (tertiary/aromatic N) is 5. The molecular formula is C15H13FN5O2S-. The van der Waals surface area contributed by atoms with Gasteiger partial charge in [-0.1, -0.05) is 42.1 Å². The van der Waals surface area contributed by atoms with Gasteiger partial charge in [-0.25, -0.2) is 19.0 Å². The molecule has 1 aromatic carbocycles. The van der Waals surface area contributed by atoms with Crippen molar-refractivity contribution >= 4 is 28.9 Å². The normalized spacial score (nSPS) is 12.4. The lowest BCUT2D eigenvalue weighted by molar-refractivity contribution is -0.304. The van der Waals surface area contributed by atoms with Crippen LogP contribution in [0, 0.1) is 5.82 Å². The van der Waals surface area contributed by atoms with E-state index in [2.05, 4.69) is 20.3 Å². The predicted molar refractivity (Wildman–Crippen MR) is 83.6 cm³/mol. The Kier molecular flexibility index (Phi) is 4.70. The number of halogens is 1. The second kappa shape index (κ2) is 6.91. The lowest BCUT2D eigenvalue weighted by atomic mass is 10.2. The summed E-state index contributed by atoms with van der Waals surface area (Å²) in [6.45, 7) is 1.92. The third-order valence-corrected chi connectivity index (χ3v) is 4.76. The maximum atomic E-state index is 13.8. The van der Waals surface area contributed by atoms with E-state index < -0.39 is 11.2 Å². The molecule has 0 radical (unpaired) electrons. The van der Waals surface area contributed by atoms with Crippen LogP contribution in [0.15, 0.2) is 35.6 Å². The number of aliphatic carboxylic acids is 1. The molecule has 3 rings (SSSR count). The van der Waals surface area contributed by atoms with Gasteiger partial charge in [-0.05, 0) is 12.5 Å². The number of fused-ring (bicyclic) bond motifs is 1. The van der Waals surface area contributed by atoms with Gasteiger partial charge in [-0.15, -0.1) is 5.10 Å². The number of carboxylic acid groups (broad SMARTS) is 1. The van der Waals surface area contributed by atoms with Crippen LogP contribution < -0.4 is 5.11 Å². The van der Waals surface area contributed by atoms with E-state index in [4.69, 9.17) is 0 Å². The molecule has 0 aliphatic rings. The summed E-state index contributed by atoms with van der Waals surface area (Å²) in [6.07, 6.45) is 1.70. The Morgan fingerprint density at radius 3 is 2.88 bits per heavy atom. The number of carbonyl (C=O) groups excluding carboxylic acids is 1. The highest BCUT2D eigenvalue weighted by molar-refractivity contribution is 8.00. The highest BCUT2D eigenvalue weighted by atomic mass is 32.2. The fraction of sp³-hybridized carbons (Fsp3) is 0.267. The van der Waals surface area contributed by atoms with Gasteiger partial charge in [-0.2, -0.15) is 0 Å². The maximum Gasteiger partial charge on any atom is 0.183 e. The molecule has 0 spiro atoms. The largest absolute Gasteiger partial charge is 0.549 e. The van der Waals surface area contributed by atoms with Crippen LogP contribution in [0.25, 0.3) is 11.2 Å². The molecule has 2 aromatic heterocycles. The van der Waals surface area contributed by atoms with Crippen LogP contribution >= 0.6 is 11.8 Å².